The molecule has 0 spiro atoms. The molecule has 2 amide bonds. The van der Waals surface area contributed by atoms with E-state index in [-0.39, 0.29) is 24.9 Å². The highest BCUT2D eigenvalue weighted by Gasteiger charge is 2.26. The van der Waals surface area contributed by atoms with Crippen molar-refractivity contribution in [3.63, 3.8) is 0 Å². The predicted molar refractivity (Wildman–Crippen MR) is 126 cm³/mol. The maximum absolute atomic E-state index is 13.3. The highest BCUT2D eigenvalue weighted by Crippen LogP contribution is 2.23. The van der Waals surface area contributed by atoms with Crippen LogP contribution in [0.25, 0.3) is 0 Å². The summed E-state index contributed by atoms with van der Waals surface area (Å²) >= 11 is 0. The van der Waals surface area contributed by atoms with Crippen molar-refractivity contribution in [2.75, 3.05) is 37.6 Å². The monoisotopic (exact) mass is 462 g/mol. The highest BCUT2D eigenvalue weighted by molar-refractivity contribution is 6.35. The van der Waals surface area contributed by atoms with Crippen LogP contribution in [0.1, 0.15) is 17.2 Å². The number of hydrogen-bond acceptors (Lipinski definition) is 6. The first-order chi connectivity index (χ1) is 16.6. The summed E-state index contributed by atoms with van der Waals surface area (Å²) in [5.74, 6) is -1.61. The molecule has 0 saturated carbocycles. The molecule has 34 heavy (non-hydrogen) atoms. The van der Waals surface area contributed by atoms with E-state index in [1.54, 1.807) is 43.0 Å². The zero-order valence-electron chi connectivity index (χ0n) is 18.7. The van der Waals surface area contributed by atoms with Crippen LogP contribution in [0.3, 0.4) is 0 Å². The highest BCUT2D eigenvalue weighted by atomic mass is 19.1. The van der Waals surface area contributed by atoms with E-state index in [4.69, 9.17) is 0 Å². The zero-order valence-corrected chi connectivity index (χ0v) is 18.7. The average Bonchev–Trinajstić information content (AvgIpc) is 2.89. The first kappa shape index (κ1) is 23.3. The van der Waals surface area contributed by atoms with E-state index in [1.807, 2.05) is 18.2 Å². The van der Waals surface area contributed by atoms with Gasteiger partial charge in [-0.3, -0.25) is 24.5 Å². The number of nitrogens with one attached hydrogen (secondary N) is 2. The van der Waals surface area contributed by atoms with Gasteiger partial charge >= 0.3 is 11.8 Å². The Morgan fingerprint density at radius 3 is 2.21 bits per heavy atom. The van der Waals surface area contributed by atoms with Gasteiger partial charge in [-0.1, -0.05) is 12.1 Å². The average molecular weight is 463 g/mol. The fourth-order valence-corrected chi connectivity index (χ4v) is 4.01. The van der Waals surface area contributed by atoms with Crippen molar-refractivity contribution in [3.8, 4) is 0 Å². The molecule has 0 bridgehead atoms. The molecule has 8 nitrogen and oxygen atoms in total. The van der Waals surface area contributed by atoms with Gasteiger partial charge in [0.1, 0.15) is 5.82 Å². The van der Waals surface area contributed by atoms with E-state index in [2.05, 4.69) is 30.4 Å². The van der Waals surface area contributed by atoms with Gasteiger partial charge in [0.15, 0.2) is 0 Å². The van der Waals surface area contributed by atoms with Gasteiger partial charge in [0.2, 0.25) is 0 Å². The third-order valence-electron chi connectivity index (χ3n) is 5.85. The number of halogens is 1. The molecule has 0 unspecified atom stereocenters. The quantitative estimate of drug-likeness (QED) is 0.522. The van der Waals surface area contributed by atoms with E-state index >= 15 is 0 Å². The van der Waals surface area contributed by atoms with Gasteiger partial charge in [0.25, 0.3) is 0 Å². The number of pyridine rings is 2. The molecular weight excluding hydrogens is 435 g/mol. The van der Waals surface area contributed by atoms with Crippen molar-refractivity contribution in [3.05, 3.63) is 90.3 Å². The van der Waals surface area contributed by atoms with E-state index in [0.717, 1.165) is 43.0 Å². The summed E-state index contributed by atoms with van der Waals surface area (Å²) in [5, 5.41) is 5.39. The van der Waals surface area contributed by atoms with Crippen LogP contribution in [-0.2, 0) is 16.1 Å². The Bertz CT molecular complexity index is 1070. The normalized spacial score (nSPS) is 14.9. The fraction of sp³-hybridized carbons (Fsp3) is 0.280. The topological polar surface area (TPSA) is 90.5 Å². The number of benzene rings is 1. The third kappa shape index (κ3) is 6.14. The lowest BCUT2D eigenvalue weighted by molar-refractivity contribution is -0.139. The second kappa shape index (κ2) is 11.3. The molecule has 9 heteroatoms. The van der Waals surface area contributed by atoms with Gasteiger partial charge < -0.3 is 15.5 Å². The SMILES string of the molecule is O=C(NCc1cccnc1)C(=O)NC[C@@H](c1cccnc1)N1CCN(c2ccc(F)cc2)CC1. The van der Waals surface area contributed by atoms with Crippen LogP contribution in [0.4, 0.5) is 10.1 Å². The Balaban J connectivity index is 1.35. The molecule has 1 atom stereocenters. The Labute approximate surface area is 197 Å². The number of anilines is 1. The number of nitrogens with zero attached hydrogens (tertiary/aromatic N) is 4. The molecule has 0 aliphatic carbocycles. The van der Waals surface area contributed by atoms with Crippen molar-refractivity contribution < 1.29 is 14.0 Å². The Hall–Kier alpha value is -3.85. The van der Waals surface area contributed by atoms with Gasteiger partial charge in [-0.05, 0) is 47.5 Å². The van der Waals surface area contributed by atoms with Crippen LogP contribution in [0.15, 0.2) is 73.3 Å². The van der Waals surface area contributed by atoms with Crippen molar-refractivity contribution in [2.45, 2.75) is 12.6 Å². The molecule has 0 radical (unpaired) electrons. The first-order valence-electron chi connectivity index (χ1n) is 11.2. The number of piperazine rings is 1. The summed E-state index contributed by atoms with van der Waals surface area (Å²) in [6, 6.07) is 13.8. The van der Waals surface area contributed by atoms with Crippen LogP contribution < -0.4 is 15.5 Å². The van der Waals surface area contributed by atoms with Crippen LogP contribution >= 0.6 is 0 Å². The molecule has 2 N–H and O–H groups in total. The smallest absolute Gasteiger partial charge is 0.309 e. The lowest BCUT2D eigenvalue weighted by Crippen LogP contribution is -2.50. The first-order valence-corrected chi connectivity index (χ1v) is 11.2. The largest absolute Gasteiger partial charge is 0.369 e. The van der Waals surface area contributed by atoms with Gasteiger partial charge in [-0.2, -0.15) is 0 Å². The molecule has 1 fully saturated rings. The predicted octanol–water partition coefficient (Wildman–Crippen LogP) is 1.91. The van der Waals surface area contributed by atoms with Crippen LogP contribution in [-0.4, -0.2) is 59.4 Å². The van der Waals surface area contributed by atoms with Gasteiger partial charge in [0, 0.05) is 69.7 Å². The minimum Gasteiger partial charge on any atom is -0.369 e. The van der Waals surface area contributed by atoms with E-state index < -0.39 is 11.8 Å². The van der Waals surface area contributed by atoms with Crippen LogP contribution in [0.5, 0.6) is 0 Å². The number of carbonyl (C=O) groups excluding carboxylic acids is 2. The summed E-state index contributed by atoms with van der Waals surface area (Å²) in [6.07, 6.45) is 6.78. The second-order valence-electron chi connectivity index (χ2n) is 8.06. The Morgan fingerprint density at radius 2 is 1.56 bits per heavy atom. The van der Waals surface area contributed by atoms with E-state index in [9.17, 15) is 14.0 Å². The van der Waals surface area contributed by atoms with Gasteiger partial charge in [0.05, 0.1) is 6.04 Å². The number of hydrogen-bond donors (Lipinski definition) is 2. The van der Waals surface area contributed by atoms with E-state index in [0.29, 0.717) is 0 Å². The zero-order chi connectivity index (χ0) is 23.8. The van der Waals surface area contributed by atoms with Crippen molar-refractivity contribution in [1.82, 2.24) is 25.5 Å². The van der Waals surface area contributed by atoms with Crippen molar-refractivity contribution in [1.29, 1.82) is 0 Å². The summed E-state index contributed by atoms with van der Waals surface area (Å²) in [5.41, 5.74) is 2.77. The second-order valence-corrected chi connectivity index (χ2v) is 8.06. The maximum atomic E-state index is 13.3. The molecule has 1 aliphatic rings. The van der Waals surface area contributed by atoms with Crippen LogP contribution in [0.2, 0.25) is 0 Å². The van der Waals surface area contributed by atoms with Gasteiger partial charge in [-0.25, -0.2) is 4.39 Å². The Kier molecular flexibility index (Phi) is 7.77. The summed E-state index contributed by atoms with van der Waals surface area (Å²) in [4.78, 5) is 37.4. The summed E-state index contributed by atoms with van der Waals surface area (Å²) < 4.78 is 13.3. The van der Waals surface area contributed by atoms with Crippen molar-refractivity contribution in [2.24, 2.45) is 0 Å². The van der Waals surface area contributed by atoms with Crippen LogP contribution in [0, 0.1) is 5.82 Å². The Morgan fingerprint density at radius 1 is 0.882 bits per heavy atom. The maximum Gasteiger partial charge on any atom is 0.309 e. The summed E-state index contributed by atoms with van der Waals surface area (Å²) in [6.45, 7) is 3.54. The standard InChI is InChI=1S/C25H27FN6O2/c26-21-5-7-22(8-6-21)31-11-13-32(14-12-31)23(20-4-2-10-28-17-20)18-30-25(34)24(33)29-16-19-3-1-9-27-15-19/h1-10,15,17,23H,11-14,16,18H2,(H,29,33)(H,30,34)/t23-/m0/s1. The van der Waals surface area contributed by atoms with Gasteiger partial charge in [-0.15, -0.1) is 0 Å². The molecule has 3 heterocycles. The lowest BCUT2D eigenvalue weighted by atomic mass is 10.1. The molecular formula is C25H27FN6O2. The fourth-order valence-electron chi connectivity index (χ4n) is 4.01. The number of carbonyl (C=O) groups is 2. The molecule has 3 aromatic rings. The molecule has 4 rings (SSSR count). The molecule has 1 saturated heterocycles. The number of rotatable bonds is 7. The molecule has 1 aromatic carbocycles. The lowest BCUT2D eigenvalue weighted by Gasteiger charge is -2.40. The minimum atomic E-state index is -0.685. The molecule has 176 valence electrons. The molecule has 2 aromatic heterocycles. The molecule has 1 aliphatic heterocycles. The minimum absolute atomic E-state index is 0.126. The number of amides is 2. The van der Waals surface area contributed by atoms with Crippen molar-refractivity contribution >= 4 is 17.5 Å². The van der Waals surface area contributed by atoms with E-state index in [1.165, 1.54) is 12.1 Å². The third-order valence-corrected chi connectivity index (χ3v) is 5.85. The summed E-state index contributed by atoms with van der Waals surface area (Å²) in [7, 11) is 0. The number of aromatic nitrogens is 2.